The molecule has 6 nitrogen and oxygen atoms in total. The predicted molar refractivity (Wildman–Crippen MR) is 117 cm³/mol. The Morgan fingerprint density at radius 3 is 2.67 bits per heavy atom. The van der Waals surface area contributed by atoms with E-state index in [2.05, 4.69) is 15.2 Å². The third-order valence-electron chi connectivity index (χ3n) is 4.66. The van der Waals surface area contributed by atoms with E-state index < -0.39 is 0 Å². The van der Waals surface area contributed by atoms with E-state index in [1.807, 2.05) is 34.0 Å². The molecule has 0 aromatic heterocycles. The average molecular weight is 492 g/mol. The summed E-state index contributed by atoms with van der Waals surface area (Å²) in [5.74, 6) is 0.345. The van der Waals surface area contributed by atoms with Crippen LogP contribution in [-0.4, -0.2) is 57.7 Å². The molecule has 1 saturated heterocycles. The molecule has 1 heterocycles. The van der Waals surface area contributed by atoms with Crippen molar-refractivity contribution in [3.05, 3.63) is 29.6 Å². The van der Waals surface area contributed by atoms with Crippen LogP contribution in [0.15, 0.2) is 23.2 Å². The number of esters is 1. The molecule has 152 valence electrons. The summed E-state index contributed by atoms with van der Waals surface area (Å²) in [6.45, 7) is 6.45. The minimum atomic E-state index is -0.256. The highest BCUT2D eigenvalue weighted by atomic mass is 127. The molecule has 2 rings (SSSR count). The predicted octanol–water partition coefficient (Wildman–Crippen LogP) is 2.72. The molecule has 0 bridgehead atoms. The number of aliphatic imine (C=N–C) groups is 1. The average Bonchev–Trinajstić information content (AvgIpc) is 2.99. The highest BCUT2D eigenvalue weighted by Gasteiger charge is 2.36. The van der Waals surface area contributed by atoms with Gasteiger partial charge in [0.1, 0.15) is 5.82 Å². The minimum Gasteiger partial charge on any atom is -0.469 e. The van der Waals surface area contributed by atoms with E-state index in [4.69, 9.17) is 4.74 Å². The van der Waals surface area contributed by atoms with Crippen molar-refractivity contribution in [3.8, 4) is 0 Å². The van der Waals surface area contributed by atoms with Crippen molar-refractivity contribution >= 4 is 41.6 Å². The van der Waals surface area contributed by atoms with Gasteiger partial charge >= 0.3 is 5.97 Å². The fourth-order valence-corrected chi connectivity index (χ4v) is 3.20. The van der Waals surface area contributed by atoms with Gasteiger partial charge in [-0.25, -0.2) is 9.38 Å². The summed E-state index contributed by atoms with van der Waals surface area (Å²) in [5, 5.41) is 3.26. The molecule has 0 saturated carbocycles. The first-order valence-electron chi connectivity index (χ1n) is 8.94. The molecule has 0 radical (unpaired) electrons. The molecule has 2 unspecified atom stereocenters. The van der Waals surface area contributed by atoms with Crippen molar-refractivity contribution in [2.45, 2.75) is 20.4 Å². The molecule has 0 amide bonds. The van der Waals surface area contributed by atoms with Gasteiger partial charge in [-0.3, -0.25) is 4.79 Å². The lowest BCUT2D eigenvalue weighted by Crippen LogP contribution is -2.40. The zero-order valence-electron chi connectivity index (χ0n) is 16.7. The van der Waals surface area contributed by atoms with E-state index in [0.29, 0.717) is 18.8 Å². The molecule has 0 aliphatic carbocycles. The second-order valence-electron chi connectivity index (χ2n) is 6.86. The first-order chi connectivity index (χ1) is 12.4. The summed E-state index contributed by atoms with van der Waals surface area (Å²) in [6, 6.07) is 5.17. The number of carbonyl (C=O) groups excluding carboxylic acids is 1. The number of halogens is 2. The normalized spacial score (nSPS) is 19.5. The van der Waals surface area contributed by atoms with Crippen molar-refractivity contribution in [3.63, 3.8) is 0 Å². The molecular weight excluding hydrogens is 462 g/mol. The smallest absolute Gasteiger partial charge is 0.310 e. The Hall–Kier alpha value is -1.58. The molecule has 1 aromatic rings. The van der Waals surface area contributed by atoms with Gasteiger partial charge in [-0.15, -0.1) is 24.0 Å². The standard InChI is InChI=1S/C19H29FN4O2.HI/c1-6-21-19(24-11-13(2)15(12-24)18(25)26-5)22-10-14-7-8-17(23(3)4)16(20)9-14;/h7-9,13,15H,6,10-12H2,1-5H3,(H,21,22);1H. The lowest BCUT2D eigenvalue weighted by molar-refractivity contribution is -0.145. The van der Waals surface area contributed by atoms with Crippen LogP contribution < -0.4 is 10.2 Å². The van der Waals surface area contributed by atoms with Crippen LogP contribution in [0.4, 0.5) is 10.1 Å². The number of carbonyl (C=O) groups is 1. The van der Waals surface area contributed by atoms with Gasteiger partial charge in [0, 0.05) is 33.7 Å². The third kappa shape index (κ3) is 5.95. The van der Waals surface area contributed by atoms with E-state index in [0.717, 1.165) is 24.6 Å². The van der Waals surface area contributed by atoms with Crippen molar-refractivity contribution < 1.29 is 13.9 Å². The lowest BCUT2D eigenvalue weighted by atomic mass is 9.99. The molecule has 1 fully saturated rings. The minimum absolute atomic E-state index is 0. The summed E-state index contributed by atoms with van der Waals surface area (Å²) in [5.41, 5.74) is 1.36. The molecule has 1 aliphatic rings. The summed E-state index contributed by atoms with van der Waals surface area (Å²) in [6.07, 6.45) is 0. The number of nitrogens with zero attached hydrogens (tertiary/aromatic N) is 3. The molecular formula is C19H30FIN4O2. The van der Waals surface area contributed by atoms with Crippen LogP contribution in [-0.2, 0) is 16.1 Å². The van der Waals surface area contributed by atoms with Gasteiger partial charge in [-0.1, -0.05) is 13.0 Å². The highest BCUT2D eigenvalue weighted by molar-refractivity contribution is 14.0. The second-order valence-corrected chi connectivity index (χ2v) is 6.86. The van der Waals surface area contributed by atoms with E-state index in [1.54, 1.807) is 11.0 Å². The molecule has 1 aliphatic heterocycles. The number of rotatable bonds is 5. The number of hydrogen-bond acceptors (Lipinski definition) is 4. The first kappa shape index (κ1) is 23.5. The van der Waals surface area contributed by atoms with Crippen LogP contribution in [0.3, 0.4) is 0 Å². The molecule has 0 spiro atoms. The molecule has 8 heteroatoms. The fraction of sp³-hybridized carbons (Fsp3) is 0.579. The van der Waals surface area contributed by atoms with E-state index in [9.17, 15) is 9.18 Å². The third-order valence-corrected chi connectivity index (χ3v) is 4.66. The Morgan fingerprint density at radius 1 is 1.41 bits per heavy atom. The largest absolute Gasteiger partial charge is 0.469 e. The second kappa shape index (κ2) is 10.7. The highest BCUT2D eigenvalue weighted by Crippen LogP contribution is 2.24. The topological polar surface area (TPSA) is 57.2 Å². The van der Waals surface area contributed by atoms with Gasteiger partial charge in [-0.05, 0) is 30.5 Å². The van der Waals surface area contributed by atoms with E-state index in [-0.39, 0.29) is 47.6 Å². The van der Waals surface area contributed by atoms with E-state index in [1.165, 1.54) is 13.2 Å². The van der Waals surface area contributed by atoms with Crippen molar-refractivity contribution in [2.24, 2.45) is 16.8 Å². The Morgan fingerprint density at radius 2 is 2.11 bits per heavy atom. The number of nitrogens with one attached hydrogen (secondary N) is 1. The van der Waals surface area contributed by atoms with Crippen LogP contribution in [0.2, 0.25) is 0 Å². The monoisotopic (exact) mass is 492 g/mol. The van der Waals surface area contributed by atoms with E-state index >= 15 is 0 Å². The Bertz CT molecular complexity index is 669. The maximum absolute atomic E-state index is 14.1. The summed E-state index contributed by atoms with van der Waals surface area (Å²) in [7, 11) is 5.04. The fourth-order valence-electron chi connectivity index (χ4n) is 3.20. The number of anilines is 1. The number of guanidine groups is 1. The van der Waals surface area contributed by atoms with Crippen molar-refractivity contribution in [1.82, 2.24) is 10.2 Å². The number of likely N-dealkylation sites (tertiary alicyclic amines) is 1. The van der Waals surface area contributed by atoms with Gasteiger partial charge in [0.05, 0.1) is 25.3 Å². The van der Waals surface area contributed by atoms with Gasteiger partial charge in [0.15, 0.2) is 5.96 Å². The van der Waals surface area contributed by atoms with Crippen molar-refractivity contribution in [2.75, 3.05) is 45.7 Å². The maximum Gasteiger partial charge on any atom is 0.310 e. The van der Waals surface area contributed by atoms with Crippen molar-refractivity contribution in [1.29, 1.82) is 0 Å². The van der Waals surface area contributed by atoms with Gasteiger partial charge in [0.2, 0.25) is 0 Å². The van der Waals surface area contributed by atoms with Gasteiger partial charge in [-0.2, -0.15) is 0 Å². The summed E-state index contributed by atoms with van der Waals surface area (Å²) >= 11 is 0. The summed E-state index contributed by atoms with van der Waals surface area (Å²) < 4.78 is 19.0. The molecule has 2 atom stereocenters. The zero-order chi connectivity index (χ0) is 19.3. The van der Waals surface area contributed by atoms with Crippen LogP contribution in [0, 0.1) is 17.7 Å². The van der Waals surface area contributed by atoms with Crippen LogP contribution in [0.25, 0.3) is 0 Å². The number of hydrogen-bond donors (Lipinski definition) is 1. The van der Waals surface area contributed by atoms with Gasteiger partial charge in [0.25, 0.3) is 0 Å². The number of methoxy groups -OCH3 is 1. The molecule has 1 aromatic carbocycles. The quantitative estimate of drug-likeness (QED) is 0.297. The Labute approximate surface area is 178 Å². The molecule has 27 heavy (non-hydrogen) atoms. The Kier molecular flexibility index (Phi) is 9.28. The van der Waals surface area contributed by atoms with Crippen LogP contribution in [0.1, 0.15) is 19.4 Å². The number of ether oxygens (including phenoxy) is 1. The lowest BCUT2D eigenvalue weighted by Gasteiger charge is -2.21. The van der Waals surface area contributed by atoms with Crippen LogP contribution in [0.5, 0.6) is 0 Å². The number of benzene rings is 1. The molecule has 1 N–H and O–H groups in total. The van der Waals surface area contributed by atoms with Crippen LogP contribution >= 0.6 is 24.0 Å². The maximum atomic E-state index is 14.1. The zero-order valence-corrected chi connectivity index (χ0v) is 19.0. The van der Waals surface area contributed by atoms with Gasteiger partial charge < -0.3 is 19.9 Å². The first-order valence-corrected chi connectivity index (χ1v) is 8.94. The summed E-state index contributed by atoms with van der Waals surface area (Å²) in [4.78, 5) is 20.3. The SMILES string of the molecule is CCNC(=NCc1ccc(N(C)C)c(F)c1)N1CC(C)C(C(=O)OC)C1.I. The Balaban J connectivity index is 0.00000364.